The highest BCUT2D eigenvalue weighted by molar-refractivity contribution is 5.91. The van der Waals surface area contributed by atoms with E-state index in [0.29, 0.717) is 24.2 Å². The van der Waals surface area contributed by atoms with E-state index in [0.717, 1.165) is 38.5 Å². The maximum absolute atomic E-state index is 11.9. The first-order valence-corrected chi connectivity index (χ1v) is 10.3. The Kier molecular flexibility index (Phi) is 4.15. The van der Waals surface area contributed by atoms with E-state index in [4.69, 9.17) is 0 Å². The van der Waals surface area contributed by atoms with Crippen molar-refractivity contribution in [1.29, 1.82) is 0 Å². The highest BCUT2D eigenvalue weighted by Gasteiger charge is 2.62. The Morgan fingerprint density at radius 1 is 1.19 bits per heavy atom. The number of hydrogen-bond donors (Lipinski definition) is 2. The lowest BCUT2D eigenvalue weighted by Crippen LogP contribution is -2.52. The lowest BCUT2D eigenvalue weighted by atomic mass is 9.46. The zero-order chi connectivity index (χ0) is 18.9. The highest BCUT2D eigenvalue weighted by atomic mass is 16.4. The van der Waals surface area contributed by atoms with Crippen LogP contribution in [0, 0.1) is 40.4 Å². The Labute approximate surface area is 156 Å². The summed E-state index contributed by atoms with van der Waals surface area (Å²) in [5.41, 5.74) is 1.43. The summed E-state index contributed by atoms with van der Waals surface area (Å²) in [6, 6.07) is 0. The number of aliphatic hydroxyl groups is 1. The topological polar surface area (TPSA) is 74.6 Å². The van der Waals surface area contributed by atoms with Gasteiger partial charge < -0.3 is 10.2 Å². The molecule has 26 heavy (non-hydrogen) atoms. The summed E-state index contributed by atoms with van der Waals surface area (Å²) in [5.74, 6) is 0.995. The largest absolute Gasteiger partial charge is 0.479 e. The van der Waals surface area contributed by atoms with Crippen LogP contribution >= 0.6 is 0 Å². The molecule has 0 aliphatic heterocycles. The molecule has 0 amide bonds. The number of allylic oxidation sites excluding steroid dienone is 1. The van der Waals surface area contributed by atoms with E-state index in [1.165, 1.54) is 5.57 Å². The third kappa shape index (κ3) is 2.37. The van der Waals surface area contributed by atoms with Crippen LogP contribution in [0.2, 0.25) is 0 Å². The molecule has 0 aromatic heterocycles. The van der Waals surface area contributed by atoms with Crippen molar-refractivity contribution in [2.75, 3.05) is 0 Å². The van der Waals surface area contributed by atoms with Crippen LogP contribution in [0.1, 0.15) is 65.7 Å². The Bertz CT molecular complexity index is 667. The molecule has 4 aliphatic rings. The second kappa shape index (κ2) is 5.92. The maximum Gasteiger partial charge on any atom is 0.332 e. The smallest absolute Gasteiger partial charge is 0.332 e. The molecule has 0 bridgehead atoms. The van der Waals surface area contributed by atoms with Crippen molar-refractivity contribution in [3.8, 4) is 0 Å². The van der Waals surface area contributed by atoms with Crippen LogP contribution in [-0.4, -0.2) is 28.1 Å². The third-order valence-corrected chi connectivity index (χ3v) is 8.99. The number of carboxylic acids is 1. The fourth-order valence-electron chi connectivity index (χ4n) is 7.79. The number of ketones is 1. The van der Waals surface area contributed by atoms with Crippen LogP contribution in [-0.2, 0) is 9.59 Å². The lowest BCUT2D eigenvalue weighted by Gasteiger charge is -2.58. The Morgan fingerprint density at radius 3 is 2.62 bits per heavy atom. The minimum atomic E-state index is -1.25. The number of carbonyl (C=O) groups is 2. The fourth-order valence-corrected chi connectivity index (χ4v) is 7.79. The minimum absolute atomic E-state index is 0.0829. The molecule has 2 N–H and O–H groups in total. The van der Waals surface area contributed by atoms with Gasteiger partial charge in [0.25, 0.3) is 0 Å². The minimum Gasteiger partial charge on any atom is -0.479 e. The number of aliphatic carboxylic acids is 1. The molecule has 4 rings (SSSR count). The van der Waals surface area contributed by atoms with Crippen molar-refractivity contribution in [1.82, 2.24) is 0 Å². The van der Waals surface area contributed by atoms with Gasteiger partial charge in [-0.1, -0.05) is 26.3 Å². The summed E-state index contributed by atoms with van der Waals surface area (Å²) in [5, 5.41) is 19.8. The van der Waals surface area contributed by atoms with Gasteiger partial charge in [0.1, 0.15) is 0 Å². The van der Waals surface area contributed by atoms with E-state index < -0.39 is 12.1 Å². The number of carbonyl (C=O) groups excluding carboxylic acids is 1. The Hall–Kier alpha value is -1.16. The molecular formula is C22H32O4. The summed E-state index contributed by atoms with van der Waals surface area (Å²) < 4.78 is 0. The van der Waals surface area contributed by atoms with Gasteiger partial charge in [0.2, 0.25) is 0 Å². The summed E-state index contributed by atoms with van der Waals surface area (Å²) >= 11 is 0. The van der Waals surface area contributed by atoms with E-state index in [1.54, 1.807) is 0 Å². The van der Waals surface area contributed by atoms with Crippen molar-refractivity contribution >= 4 is 11.8 Å². The predicted octanol–water partition coefficient (Wildman–Crippen LogP) is 3.83. The molecule has 0 unspecified atom stereocenters. The zero-order valence-electron chi connectivity index (χ0n) is 16.2. The van der Waals surface area contributed by atoms with Gasteiger partial charge in [-0.05, 0) is 79.1 Å². The van der Waals surface area contributed by atoms with E-state index >= 15 is 0 Å². The van der Waals surface area contributed by atoms with Crippen molar-refractivity contribution in [3.05, 3.63) is 11.6 Å². The van der Waals surface area contributed by atoms with Crippen molar-refractivity contribution in [2.45, 2.75) is 71.8 Å². The molecule has 4 aliphatic carbocycles. The van der Waals surface area contributed by atoms with Crippen LogP contribution in [0.4, 0.5) is 0 Å². The van der Waals surface area contributed by atoms with E-state index in [2.05, 4.69) is 20.8 Å². The predicted molar refractivity (Wildman–Crippen MR) is 98.4 cm³/mol. The van der Waals surface area contributed by atoms with E-state index in [9.17, 15) is 19.8 Å². The number of carboxylic acid groups (broad SMARTS) is 1. The van der Waals surface area contributed by atoms with Gasteiger partial charge in [-0.15, -0.1) is 0 Å². The zero-order valence-corrected chi connectivity index (χ0v) is 16.2. The first-order chi connectivity index (χ1) is 12.2. The Morgan fingerprint density at radius 2 is 1.92 bits per heavy atom. The molecule has 8 atom stereocenters. The summed E-state index contributed by atoms with van der Waals surface area (Å²) in [7, 11) is 0. The molecule has 4 heteroatoms. The molecule has 4 nitrogen and oxygen atoms in total. The molecule has 144 valence electrons. The van der Waals surface area contributed by atoms with Crippen molar-refractivity contribution in [3.63, 3.8) is 0 Å². The molecule has 0 saturated heterocycles. The fraction of sp³-hybridized carbons (Fsp3) is 0.818. The number of rotatable bonds is 2. The number of fused-ring (bicyclic) bond motifs is 5. The van der Waals surface area contributed by atoms with Gasteiger partial charge in [-0.25, -0.2) is 4.79 Å². The summed E-state index contributed by atoms with van der Waals surface area (Å²) in [6.45, 7) is 6.74. The van der Waals surface area contributed by atoms with E-state index in [1.807, 2.05) is 6.08 Å². The molecule has 0 heterocycles. The van der Waals surface area contributed by atoms with Gasteiger partial charge in [0.15, 0.2) is 11.9 Å². The van der Waals surface area contributed by atoms with Gasteiger partial charge in [-0.3, -0.25) is 4.79 Å². The van der Waals surface area contributed by atoms with Gasteiger partial charge >= 0.3 is 5.97 Å². The normalized spacial score (nSPS) is 48.8. The van der Waals surface area contributed by atoms with E-state index in [-0.39, 0.29) is 28.4 Å². The molecule has 0 aromatic carbocycles. The number of hydrogen-bond acceptors (Lipinski definition) is 3. The average Bonchev–Trinajstić information content (AvgIpc) is 2.85. The van der Waals surface area contributed by atoms with Crippen molar-refractivity contribution < 1.29 is 19.8 Å². The second-order valence-electron chi connectivity index (χ2n) is 10.0. The van der Waals surface area contributed by atoms with Crippen molar-refractivity contribution in [2.24, 2.45) is 40.4 Å². The van der Waals surface area contributed by atoms with Gasteiger partial charge in [-0.2, -0.15) is 0 Å². The molecule has 0 radical (unpaired) electrons. The first kappa shape index (κ1) is 18.2. The monoisotopic (exact) mass is 360 g/mol. The SMILES string of the molecule is C[C@@H]1C[C@H]2[C@@H]3CCC4=CC(=O)CC[C@]4(C)[C@H]3CC[C@]2(C)[C@H]1[C@@H](O)C(=O)O. The maximum atomic E-state index is 11.9. The van der Waals surface area contributed by atoms with Gasteiger partial charge in [0.05, 0.1) is 0 Å². The summed E-state index contributed by atoms with van der Waals surface area (Å²) in [4.78, 5) is 23.4. The molecular weight excluding hydrogens is 328 g/mol. The highest BCUT2D eigenvalue weighted by Crippen LogP contribution is 2.68. The van der Waals surface area contributed by atoms with Crippen LogP contribution < -0.4 is 0 Å². The molecule has 3 fully saturated rings. The molecule has 3 saturated carbocycles. The Balaban J connectivity index is 1.67. The quantitative estimate of drug-likeness (QED) is 0.785. The van der Waals surface area contributed by atoms with Crippen LogP contribution in [0.3, 0.4) is 0 Å². The standard InChI is InChI=1S/C22H32O4/c1-12-10-17-15-5-4-13-11-14(23)6-8-21(13,2)16(15)7-9-22(17,3)18(12)19(24)20(25)26/h11-12,15-19,24H,4-10H2,1-3H3,(H,25,26)/t12-,15-,16+,17+,18-,19-,21+,22+/m1/s1. The summed E-state index contributed by atoms with van der Waals surface area (Å²) in [6.07, 6.45) is 7.56. The lowest BCUT2D eigenvalue weighted by molar-refractivity contribution is -0.156. The second-order valence-corrected chi connectivity index (χ2v) is 10.0. The average molecular weight is 360 g/mol. The van der Waals surface area contributed by atoms with Crippen LogP contribution in [0.25, 0.3) is 0 Å². The van der Waals surface area contributed by atoms with Crippen LogP contribution in [0.5, 0.6) is 0 Å². The number of aliphatic hydroxyl groups excluding tert-OH is 1. The third-order valence-electron chi connectivity index (χ3n) is 8.99. The molecule has 0 spiro atoms. The first-order valence-electron chi connectivity index (χ1n) is 10.3. The van der Waals surface area contributed by atoms with Gasteiger partial charge in [0, 0.05) is 12.3 Å². The molecule has 0 aromatic rings. The van der Waals surface area contributed by atoms with Crippen LogP contribution in [0.15, 0.2) is 11.6 Å².